The number of halogens is 1. The van der Waals surface area contributed by atoms with Gasteiger partial charge in [0.15, 0.2) is 0 Å². The molecule has 1 N–H and O–H groups in total. The topological polar surface area (TPSA) is 29.9 Å². The summed E-state index contributed by atoms with van der Waals surface area (Å²) in [5.74, 6) is 0.764. The normalized spacial score (nSPS) is 24.4. The van der Waals surface area contributed by atoms with Gasteiger partial charge in [0.05, 0.1) is 16.4 Å². The Balaban J connectivity index is 2.01. The first-order valence-corrected chi connectivity index (χ1v) is 7.96. The van der Waals surface area contributed by atoms with Crippen molar-refractivity contribution in [1.29, 1.82) is 0 Å². The fraction of sp³-hybridized carbons (Fsp3) is 0.800. The van der Waals surface area contributed by atoms with E-state index in [1.54, 1.807) is 0 Å². The van der Waals surface area contributed by atoms with E-state index in [9.17, 15) is 0 Å². The minimum atomic E-state index is 0.624. The molecule has 4 heteroatoms. The van der Waals surface area contributed by atoms with Crippen molar-refractivity contribution < 1.29 is 0 Å². The first-order valence-electron chi connectivity index (χ1n) is 7.58. The van der Waals surface area contributed by atoms with Crippen molar-refractivity contribution in [2.45, 2.75) is 72.0 Å². The van der Waals surface area contributed by atoms with Crippen LogP contribution in [0.15, 0.2) is 0 Å². The van der Waals surface area contributed by atoms with E-state index in [-0.39, 0.29) is 0 Å². The molecule has 108 valence electrons. The van der Waals surface area contributed by atoms with Crippen LogP contribution in [0.1, 0.15) is 57.3 Å². The van der Waals surface area contributed by atoms with Gasteiger partial charge in [0.2, 0.25) is 0 Å². The highest BCUT2D eigenvalue weighted by Gasteiger charge is 2.20. The van der Waals surface area contributed by atoms with Crippen molar-refractivity contribution >= 4 is 11.6 Å². The molecule has 0 aromatic carbocycles. The molecule has 1 heterocycles. The molecule has 1 fully saturated rings. The van der Waals surface area contributed by atoms with Crippen molar-refractivity contribution in [3.63, 3.8) is 0 Å². The Morgan fingerprint density at radius 3 is 2.79 bits per heavy atom. The fourth-order valence-electron chi connectivity index (χ4n) is 3.06. The van der Waals surface area contributed by atoms with Gasteiger partial charge in [-0.25, -0.2) is 0 Å². The third-order valence-corrected chi connectivity index (χ3v) is 4.84. The van der Waals surface area contributed by atoms with Gasteiger partial charge in [-0.1, -0.05) is 37.8 Å². The van der Waals surface area contributed by atoms with E-state index in [0.29, 0.717) is 6.04 Å². The van der Waals surface area contributed by atoms with Gasteiger partial charge in [0.1, 0.15) is 0 Å². The molecule has 1 saturated carbocycles. The van der Waals surface area contributed by atoms with Crippen LogP contribution in [0, 0.1) is 12.8 Å². The van der Waals surface area contributed by atoms with E-state index < -0.39 is 0 Å². The molecule has 0 spiro atoms. The summed E-state index contributed by atoms with van der Waals surface area (Å²) < 4.78 is 2.02. The summed E-state index contributed by atoms with van der Waals surface area (Å²) in [6, 6.07) is 0.624. The second kappa shape index (κ2) is 6.76. The first-order chi connectivity index (χ1) is 9.13. The summed E-state index contributed by atoms with van der Waals surface area (Å²) in [5, 5.41) is 9.02. The van der Waals surface area contributed by atoms with Gasteiger partial charge in [-0.3, -0.25) is 4.68 Å². The predicted octanol–water partition coefficient (Wildman–Crippen LogP) is 3.92. The van der Waals surface area contributed by atoms with Gasteiger partial charge in [-0.05, 0) is 32.6 Å². The molecule has 19 heavy (non-hydrogen) atoms. The number of aryl methyl sites for hydroxylation is 2. The fourth-order valence-corrected chi connectivity index (χ4v) is 3.26. The Morgan fingerprint density at radius 1 is 1.32 bits per heavy atom. The maximum absolute atomic E-state index is 6.36. The van der Waals surface area contributed by atoms with Crippen molar-refractivity contribution in [2.75, 3.05) is 0 Å². The quantitative estimate of drug-likeness (QED) is 0.849. The maximum atomic E-state index is 6.36. The van der Waals surface area contributed by atoms with Gasteiger partial charge in [0.25, 0.3) is 0 Å². The van der Waals surface area contributed by atoms with Gasteiger partial charge in [0, 0.05) is 19.1 Å². The van der Waals surface area contributed by atoms with Crippen LogP contribution >= 0.6 is 11.6 Å². The maximum Gasteiger partial charge on any atom is 0.0860 e. The lowest BCUT2D eigenvalue weighted by atomic mass is 9.97. The monoisotopic (exact) mass is 283 g/mol. The summed E-state index contributed by atoms with van der Waals surface area (Å²) in [7, 11) is 0. The standard InChI is InChI=1S/C15H26ClN3/c1-4-19-14(15(16)12(3)18-19)10-17-13-9-7-5-6-8-11(13)2/h11,13,17H,4-10H2,1-3H3. The summed E-state index contributed by atoms with van der Waals surface area (Å²) in [5.41, 5.74) is 2.08. The summed E-state index contributed by atoms with van der Waals surface area (Å²) in [6.07, 6.45) is 6.75. The van der Waals surface area contributed by atoms with Crippen LogP contribution in [-0.2, 0) is 13.1 Å². The van der Waals surface area contributed by atoms with Crippen molar-refractivity contribution in [3.8, 4) is 0 Å². The zero-order valence-corrected chi connectivity index (χ0v) is 13.1. The molecule has 0 radical (unpaired) electrons. The van der Waals surface area contributed by atoms with Crippen molar-refractivity contribution in [3.05, 3.63) is 16.4 Å². The van der Waals surface area contributed by atoms with Gasteiger partial charge in [-0.15, -0.1) is 0 Å². The first kappa shape index (κ1) is 14.9. The van der Waals surface area contributed by atoms with E-state index in [4.69, 9.17) is 11.6 Å². The summed E-state index contributed by atoms with van der Waals surface area (Å²) >= 11 is 6.36. The molecule has 3 nitrogen and oxygen atoms in total. The van der Waals surface area contributed by atoms with E-state index in [0.717, 1.165) is 35.4 Å². The second-order valence-electron chi connectivity index (χ2n) is 5.76. The molecule has 1 aromatic heterocycles. The van der Waals surface area contributed by atoms with Gasteiger partial charge in [-0.2, -0.15) is 5.10 Å². The highest BCUT2D eigenvalue weighted by atomic mass is 35.5. The minimum Gasteiger partial charge on any atom is -0.308 e. The summed E-state index contributed by atoms with van der Waals surface area (Å²) in [4.78, 5) is 0. The SMILES string of the molecule is CCn1nc(C)c(Cl)c1CNC1CCCCCC1C. The molecule has 1 aliphatic rings. The van der Waals surface area contributed by atoms with Crippen molar-refractivity contribution in [2.24, 2.45) is 5.92 Å². The average molecular weight is 284 g/mol. The van der Waals surface area contributed by atoms with E-state index in [1.165, 1.54) is 32.1 Å². The molecule has 0 saturated heterocycles. The second-order valence-corrected chi connectivity index (χ2v) is 6.14. The summed E-state index contributed by atoms with van der Waals surface area (Å²) in [6.45, 7) is 8.17. The van der Waals surface area contributed by atoms with Crippen LogP contribution in [-0.4, -0.2) is 15.8 Å². The highest BCUT2D eigenvalue weighted by molar-refractivity contribution is 6.31. The number of hydrogen-bond acceptors (Lipinski definition) is 2. The van der Waals surface area contributed by atoms with Gasteiger partial charge >= 0.3 is 0 Å². The number of nitrogens with one attached hydrogen (secondary N) is 1. The van der Waals surface area contributed by atoms with E-state index in [1.807, 2.05) is 11.6 Å². The predicted molar refractivity (Wildman–Crippen MR) is 80.5 cm³/mol. The van der Waals surface area contributed by atoms with Gasteiger partial charge < -0.3 is 5.32 Å². The number of nitrogens with zero attached hydrogens (tertiary/aromatic N) is 2. The van der Waals surface area contributed by atoms with Crippen molar-refractivity contribution in [1.82, 2.24) is 15.1 Å². The molecular weight excluding hydrogens is 258 g/mol. The Labute approximate surface area is 121 Å². The van der Waals surface area contributed by atoms with Crippen LogP contribution < -0.4 is 5.32 Å². The zero-order valence-electron chi connectivity index (χ0n) is 12.4. The average Bonchev–Trinajstić information content (AvgIpc) is 2.56. The molecule has 1 aromatic rings. The third-order valence-electron chi connectivity index (χ3n) is 4.35. The molecule has 0 aliphatic heterocycles. The van der Waals surface area contributed by atoms with E-state index in [2.05, 4.69) is 24.3 Å². The molecule has 2 unspecified atom stereocenters. The Morgan fingerprint density at radius 2 is 2.05 bits per heavy atom. The molecule has 1 aliphatic carbocycles. The van der Waals surface area contributed by atoms with Crippen LogP contribution in [0.3, 0.4) is 0 Å². The largest absolute Gasteiger partial charge is 0.308 e. The van der Waals surface area contributed by atoms with Crippen LogP contribution in [0.2, 0.25) is 5.02 Å². The lowest BCUT2D eigenvalue weighted by Crippen LogP contribution is -2.34. The minimum absolute atomic E-state index is 0.624. The van der Waals surface area contributed by atoms with E-state index >= 15 is 0 Å². The Kier molecular flexibility index (Phi) is 5.28. The van der Waals surface area contributed by atoms with Crippen LogP contribution in [0.5, 0.6) is 0 Å². The molecule has 0 bridgehead atoms. The smallest absolute Gasteiger partial charge is 0.0860 e. The molecule has 2 atom stereocenters. The lowest BCUT2D eigenvalue weighted by molar-refractivity contribution is 0.351. The highest BCUT2D eigenvalue weighted by Crippen LogP contribution is 2.25. The van der Waals surface area contributed by atoms with Crippen LogP contribution in [0.25, 0.3) is 0 Å². The number of aromatic nitrogens is 2. The zero-order chi connectivity index (χ0) is 13.8. The number of hydrogen-bond donors (Lipinski definition) is 1. The Hall–Kier alpha value is -0.540. The van der Waals surface area contributed by atoms with Crippen LogP contribution in [0.4, 0.5) is 0 Å². The molecule has 2 rings (SSSR count). The third kappa shape index (κ3) is 3.51. The Bertz CT molecular complexity index is 414. The number of rotatable bonds is 4. The lowest BCUT2D eigenvalue weighted by Gasteiger charge is -2.23. The molecular formula is C15H26ClN3. The molecule has 0 amide bonds.